The van der Waals surface area contributed by atoms with Gasteiger partial charge in [0.1, 0.15) is 12.6 Å². The lowest BCUT2D eigenvalue weighted by molar-refractivity contribution is -0.140. The van der Waals surface area contributed by atoms with Crippen molar-refractivity contribution in [2.75, 3.05) is 17.4 Å². The predicted molar refractivity (Wildman–Crippen MR) is 161 cm³/mol. The van der Waals surface area contributed by atoms with Crippen LogP contribution in [0.3, 0.4) is 0 Å². The molecule has 7 nitrogen and oxygen atoms in total. The van der Waals surface area contributed by atoms with Crippen molar-refractivity contribution < 1.29 is 18.0 Å². The monoisotopic (exact) mass is 603 g/mol. The number of hydrogen-bond acceptors (Lipinski definition) is 4. The highest BCUT2D eigenvalue weighted by molar-refractivity contribution is 7.92. The lowest BCUT2D eigenvalue weighted by Crippen LogP contribution is -2.52. The quantitative estimate of drug-likeness (QED) is 0.235. The number of benzene rings is 3. The maximum atomic E-state index is 14.1. The van der Waals surface area contributed by atoms with Crippen molar-refractivity contribution >= 4 is 50.7 Å². The van der Waals surface area contributed by atoms with Gasteiger partial charge in [0.2, 0.25) is 11.8 Å². The molecule has 0 aliphatic rings. The highest BCUT2D eigenvalue weighted by Crippen LogP contribution is 2.33. The Labute approximate surface area is 247 Å². The van der Waals surface area contributed by atoms with Gasteiger partial charge in [0.25, 0.3) is 10.0 Å². The van der Waals surface area contributed by atoms with Crippen molar-refractivity contribution in [1.29, 1.82) is 0 Å². The molecule has 1 atom stereocenters. The molecular formula is C30H35Cl2N3O4S. The Morgan fingerprint density at radius 3 is 2.25 bits per heavy atom. The zero-order chi connectivity index (χ0) is 29.3. The number of halogens is 2. The van der Waals surface area contributed by atoms with Crippen LogP contribution in [-0.4, -0.2) is 44.3 Å². The van der Waals surface area contributed by atoms with Gasteiger partial charge in [-0.05, 0) is 55.7 Å². The van der Waals surface area contributed by atoms with E-state index in [1.54, 1.807) is 24.3 Å². The van der Waals surface area contributed by atoms with Crippen LogP contribution in [0.2, 0.25) is 10.0 Å². The van der Waals surface area contributed by atoms with Gasteiger partial charge in [0.15, 0.2) is 0 Å². The Bertz CT molecular complexity index is 1400. The van der Waals surface area contributed by atoms with Gasteiger partial charge >= 0.3 is 0 Å². The third kappa shape index (κ3) is 7.99. The molecule has 0 spiro atoms. The van der Waals surface area contributed by atoms with Gasteiger partial charge in [-0.2, -0.15) is 0 Å². The fraction of sp³-hybridized carbons (Fsp3) is 0.333. The van der Waals surface area contributed by atoms with Gasteiger partial charge in [-0.25, -0.2) is 8.42 Å². The van der Waals surface area contributed by atoms with E-state index >= 15 is 0 Å². The van der Waals surface area contributed by atoms with Crippen LogP contribution in [0.5, 0.6) is 0 Å². The smallest absolute Gasteiger partial charge is 0.264 e. The van der Waals surface area contributed by atoms with Crippen LogP contribution in [-0.2, 0) is 26.2 Å². The van der Waals surface area contributed by atoms with Crippen molar-refractivity contribution in [3.63, 3.8) is 0 Å². The maximum Gasteiger partial charge on any atom is 0.264 e. The Balaban J connectivity index is 2.06. The summed E-state index contributed by atoms with van der Waals surface area (Å²) in [6.45, 7) is 5.85. The number of rotatable bonds is 13. The summed E-state index contributed by atoms with van der Waals surface area (Å²) in [4.78, 5) is 28.7. The first kappa shape index (κ1) is 31.5. The number of sulfonamides is 1. The molecule has 2 amide bonds. The SMILES string of the molecule is CCCCNC(=O)C(CC)N(Cc1ccc(C)cc1)C(=O)CN(c1cc(Cl)ccc1Cl)S(=O)(=O)c1ccccc1. The number of nitrogens with zero attached hydrogens (tertiary/aromatic N) is 2. The minimum absolute atomic E-state index is 0.00623. The highest BCUT2D eigenvalue weighted by Gasteiger charge is 2.34. The number of carbonyl (C=O) groups is 2. The van der Waals surface area contributed by atoms with E-state index in [-0.39, 0.29) is 33.1 Å². The number of nitrogens with one attached hydrogen (secondary N) is 1. The van der Waals surface area contributed by atoms with Gasteiger partial charge in [-0.3, -0.25) is 13.9 Å². The molecule has 0 bridgehead atoms. The summed E-state index contributed by atoms with van der Waals surface area (Å²) in [7, 11) is -4.23. The Morgan fingerprint density at radius 2 is 1.62 bits per heavy atom. The molecule has 0 saturated heterocycles. The first-order chi connectivity index (χ1) is 19.1. The fourth-order valence-corrected chi connectivity index (χ4v) is 6.11. The molecule has 10 heteroatoms. The van der Waals surface area contributed by atoms with E-state index < -0.39 is 28.5 Å². The molecule has 3 rings (SSSR count). The van der Waals surface area contributed by atoms with E-state index in [4.69, 9.17) is 23.2 Å². The van der Waals surface area contributed by atoms with E-state index in [0.29, 0.717) is 13.0 Å². The van der Waals surface area contributed by atoms with Crippen LogP contribution >= 0.6 is 23.2 Å². The van der Waals surface area contributed by atoms with E-state index in [0.717, 1.165) is 28.3 Å². The summed E-state index contributed by atoms with van der Waals surface area (Å²) in [6, 6.07) is 19.1. The summed E-state index contributed by atoms with van der Waals surface area (Å²) in [5, 5.41) is 3.30. The lowest BCUT2D eigenvalue weighted by Gasteiger charge is -2.33. The standard InChI is InChI=1S/C30H35Cl2N3O4S/c1-4-6-18-33-30(37)27(5-2)34(20-23-14-12-22(3)13-15-23)29(36)21-35(28-19-24(31)16-17-26(28)32)40(38,39)25-10-8-7-9-11-25/h7-17,19,27H,4-6,18,20-21H2,1-3H3,(H,33,37). The maximum absolute atomic E-state index is 14.1. The first-order valence-electron chi connectivity index (χ1n) is 13.2. The molecule has 0 aliphatic carbocycles. The van der Waals surface area contributed by atoms with Crippen molar-refractivity contribution in [3.8, 4) is 0 Å². The number of aryl methyl sites for hydroxylation is 1. The number of unbranched alkanes of at least 4 members (excludes halogenated alkanes) is 1. The second kappa shape index (κ2) is 14.5. The van der Waals surface area contributed by atoms with E-state index in [1.807, 2.05) is 45.0 Å². The molecule has 0 aromatic heterocycles. The van der Waals surface area contributed by atoms with Crippen LogP contribution in [0.4, 0.5) is 5.69 Å². The summed E-state index contributed by atoms with van der Waals surface area (Å²) in [5.74, 6) is -0.830. The summed E-state index contributed by atoms with van der Waals surface area (Å²) in [5.41, 5.74) is 1.95. The van der Waals surface area contributed by atoms with Gasteiger partial charge in [-0.1, -0.05) is 91.5 Å². The second-order valence-electron chi connectivity index (χ2n) is 9.50. The molecule has 3 aromatic carbocycles. The number of anilines is 1. The summed E-state index contributed by atoms with van der Waals surface area (Å²) < 4.78 is 28.7. The topological polar surface area (TPSA) is 86.8 Å². The third-order valence-corrected chi connectivity index (χ3v) is 8.80. The van der Waals surface area contributed by atoms with E-state index in [2.05, 4.69) is 5.32 Å². The molecule has 1 unspecified atom stereocenters. The number of carbonyl (C=O) groups excluding carboxylic acids is 2. The normalized spacial score (nSPS) is 12.0. The first-order valence-corrected chi connectivity index (χ1v) is 15.4. The van der Waals surface area contributed by atoms with E-state index in [9.17, 15) is 18.0 Å². The Morgan fingerprint density at radius 1 is 0.950 bits per heavy atom. The van der Waals surface area contributed by atoms with Crippen molar-refractivity contribution in [3.05, 3.63) is 94.0 Å². The van der Waals surface area contributed by atoms with E-state index in [1.165, 1.54) is 29.2 Å². The molecule has 0 radical (unpaired) electrons. The minimum Gasteiger partial charge on any atom is -0.354 e. The van der Waals surface area contributed by atoms with Crippen LogP contribution < -0.4 is 9.62 Å². The van der Waals surface area contributed by atoms with Crippen LogP contribution in [0.25, 0.3) is 0 Å². The molecule has 0 saturated carbocycles. The van der Waals surface area contributed by atoms with Gasteiger partial charge in [-0.15, -0.1) is 0 Å². The highest BCUT2D eigenvalue weighted by atomic mass is 35.5. The van der Waals surface area contributed by atoms with Crippen molar-refractivity contribution in [2.45, 2.75) is 57.5 Å². The van der Waals surface area contributed by atoms with Gasteiger partial charge in [0.05, 0.1) is 15.6 Å². The lowest BCUT2D eigenvalue weighted by atomic mass is 10.1. The molecular weight excluding hydrogens is 569 g/mol. The Kier molecular flexibility index (Phi) is 11.4. The molecule has 3 aromatic rings. The van der Waals surface area contributed by atoms with Crippen LogP contribution in [0.15, 0.2) is 77.7 Å². The number of hydrogen-bond donors (Lipinski definition) is 1. The number of amides is 2. The summed E-state index contributed by atoms with van der Waals surface area (Å²) >= 11 is 12.7. The summed E-state index contributed by atoms with van der Waals surface area (Å²) in [6.07, 6.45) is 2.07. The van der Waals surface area contributed by atoms with Crippen molar-refractivity contribution in [1.82, 2.24) is 10.2 Å². The largest absolute Gasteiger partial charge is 0.354 e. The molecule has 1 N–H and O–H groups in total. The predicted octanol–water partition coefficient (Wildman–Crippen LogP) is 6.22. The third-order valence-electron chi connectivity index (χ3n) is 6.48. The average molecular weight is 605 g/mol. The second-order valence-corrected chi connectivity index (χ2v) is 12.2. The molecule has 0 fully saturated rings. The molecule has 0 aliphatic heterocycles. The van der Waals surface area contributed by atoms with Crippen LogP contribution in [0, 0.1) is 6.92 Å². The molecule has 40 heavy (non-hydrogen) atoms. The zero-order valence-electron chi connectivity index (χ0n) is 22.9. The van der Waals surface area contributed by atoms with Crippen molar-refractivity contribution in [2.24, 2.45) is 0 Å². The molecule has 214 valence electrons. The fourth-order valence-electron chi connectivity index (χ4n) is 4.23. The van der Waals surface area contributed by atoms with Gasteiger partial charge in [0, 0.05) is 18.1 Å². The van der Waals surface area contributed by atoms with Crippen LogP contribution in [0.1, 0.15) is 44.2 Å². The van der Waals surface area contributed by atoms with Gasteiger partial charge < -0.3 is 10.2 Å². The molecule has 0 heterocycles. The average Bonchev–Trinajstić information content (AvgIpc) is 2.94. The minimum atomic E-state index is -4.23. The zero-order valence-corrected chi connectivity index (χ0v) is 25.3. The Hall–Kier alpha value is -3.07.